The zero-order valence-electron chi connectivity index (χ0n) is 11.8. The lowest BCUT2D eigenvalue weighted by Gasteiger charge is -2.20. The Morgan fingerprint density at radius 1 is 1.11 bits per heavy atom. The molecule has 0 saturated carbocycles. The predicted octanol–water partition coefficient (Wildman–Crippen LogP) is 2.45. The minimum Gasteiger partial charge on any atom is -0.331 e. The smallest absolute Gasteiger partial charge is 0.331 e. The highest BCUT2D eigenvalue weighted by Crippen LogP contribution is 2.47. The molecule has 0 radical (unpaired) electrons. The normalized spacial score (nSPS) is 13.9. The first kappa shape index (κ1) is 19.3. The van der Waals surface area contributed by atoms with E-state index in [1.54, 1.807) is 20.8 Å². The maximum absolute atomic E-state index is 12.1. The third-order valence-corrected chi connectivity index (χ3v) is 5.46. The summed E-state index contributed by atoms with van der Waals surface area (Å²) in [5, 5.41) is 10.6. The molecule has 0 rings (SSSR count). The van der Waals surface area contributed by atoms with Gasteiger partial charge in [0, 0.05) is 19.3 Å². The van der Waals surface area contributed by atoms with E-state index in [1.807, 2.05) is 0 Å². The molecular formula is C10H25NO6P2. The molecule has 0 fully saturated rings. The van der Waals surface area contributed by atoms with Gasteiger partial charge in [0.25, 0.3) is 0 Å². The Morgan fingerprint density at radius 2 is 1.68 bits per heavy atom. The molecule has 0 spiro atoms. The van der Waals surface area contributed by atoms with Crippen LogP contribution in [0.25, 0.3) is 0 Å². The summed E-state index contributed by atoms with van der Waals surface area (Å²) in [6, 6.07) is 0. The average Bonchev–Trinajstić information content (AvgIpc) is 2.35. The summed E-state index contributed by atoms with van der Waals surface area (Å²) in [5.74, 6) is 0. The Hall–Kier alpha value is 0.260. The van der Waals surface area contributed by atoms with E-state index in [0.29, 0.717) is 19.8 Å². The van der Waals surface area contributed by atoms with Crippen molar-refractivity contribution < 1.29 is 27.9 Å². The lowest BCUT2D eigenvalue weighted by atomic mass is 10.6. The van der Waals surface area contributed by atoms with Gasteiger partial charge in [-0.1, -0.05) is 0 Å². The van der Waals surface area contributed by atoms with Gasteiger partial charge in [-0.25, -0.2) is 0 Å². The number of nitrogens with zero attached hydrogens (tertiary/aromatic N) is 1. The first-order chi connectivity index (χ1) is 8.97. The maximum Gasteiger partial charge on any atom is 0.332 e. The fraction of sp³-hybridized carbons (Fsp3) is 1.00. The summed E-state index contributed by atoms with van der Waals surface area (Å²) in [7, 11) is -5.23. The highest BCUT2D eigenvalue weighted by atomic mass is 31.2. The van der Waals surface area contributed by atoms with Crippen LogP contribution in [0.15, 0.2) is 0 Å². The zero-order valence-corrected chi connectivity index (χ0v) is 13.7. The van der Waals surface area contributed by atoms with Crippen molar-refractivity contribution in [3.63, 3.8) is 0 Å². The molecule has 0 heterocycles. The molecule has 0 amide bonds. The molecule has 1 N–H and O–H groups in total. The van der Waals surface area contributed by atoms with E-state index in [0.717, 1.165) is 5.06 Å². The van der Waals surface area contributed by atoms with Gasteiger partial charge in [0.15, 0.2) is 8.03 Å². The summed E-state index contributed by atoms with van der Waals surface area (Å²) in [4.78, 5) is 0. The molecule has 0 saturated heterocycles. The van der Waals surface area contributed by atoms with Crippen molar-refractivity contribution in [3.05, 3.63) is 0 Å². The van der Waals surface area contributed by atoms with Crippen LogP contribution in [-0.4, -0.2) is 55.5 Å². The fourth-order valence-corrected chi connectivity index (χ4v) is 3.87. The van der Waals surface area contributed by atoms with Crippen LogP contribution in [0, 0.1) is 0 Å². The second-order valence-electron chi connectivity index (χ2n) is 3.68. The van der Waals surface area contributed by atoms with E-state index in [4.69, 9.17) is 13.6 Å². The summed E-state index contributed by atoms with van der Waals surface area (Å²) < 4.78 is 38.5. The molecule has 7 nitrogen and oxygen atoms in total. The van der Waals surface area contributed by atoms with E-state index in [-0.39, 0.29) is 25.4 Å². The van der Waals surface area contributed by atoms with Crippen LogP contribution in [0.5, 0.6) is 0 Å². The summed E-state index contributed by atoms with van der Waals surface area (Å²) in [6.45, 7) is 6.55. The standard InChI is InChI=1S/C10H25NO6P2/c1-4-15-18(13)9-7-11(12)8-10-19(14,16-5-2)17-6-3/h12,18H,4-10H2,1-3H3. The molecule has 0 aliphatic rings. The van der Waals surface area contributed by atoms with E-state index in [2.05, 4.69) is 0 Å². The molecule has 9 heteroatoms. The van der Waals surface area contributed by atoms with E-state index in [1.165, 1.54) is 0 Å². The van der Waals surface area contributed by atoms with Crippen LogP contribution in [0.2, 0.25) is 0 Å². The largest absolute Gasteiger partial charge is 0.332 e. The molecule has 116 valence electrons. The summed E-state index contributed by atoms with van der Waals surface area (Å²) >= 11 is 0. The molecule has 0 aromatic heterocycles. The third kappa shape index (κ3) is 9.74. The molecule has 0 bridgehead atoms. The van der Waals surface area contributed by atoms with Crippen LogP contribution >= 0.6 is 15.6 Å². The van der Waals surface area contributed by atoms with Gasteiger partial charge in [-0.2, -0.15) is 5.06 Å². The van der Waals surface area contributed by atoms with Crippen LogP contribution < -0.4 is 0 Å². The Labute approximate surface area is 115 Å². The molecule has 0 aliphatic heterocycles. The van der Waals surface area contributed by atoms with Crippen LogP contribution in [0.1, 0.15) is 20.8 Å². The van der Waals surface area contributed by atoms with Crippen LogP contribution in [-0.2, 0) is 22.7 Å². The topological polar surface area (TPSA) is 85.3 Å². The number of hydrogen-bond acceptors (Lipinski definition) is 7. The van der Waals surface area contributed by atoms with E-state index in [9.17, 15) is 14.3 Å². The minimum absolute atomic E-state index is 0.0980. The minimum atomic E-state index is -3.14. The van der Waals surface area contributed by atoms with E-state index < -0.39 is 15.6 Å². The van der Waals surface area contributed by atoms with Gasteiger partial charge >= 0.3 is 7.60 Å². The number of hydrogen-bond donors (Lipinski definition) is 1. The summed E-state index contributed by atoms with van der Waals surface area (Å²) in [5.41, 5.74) is 0. The second-order valence-corrected chi connectivity index (χ2v) is 7.40. The van der Waals surface area contributed by atoms with Crippen molar-refractivity contribution in [3.8, 4) is 0 Å². The molecule has 0 aliphatic carbocycles. The van der Waals surface area contributed by atoms with Crippen molar-refractivity contribution in [2.24, 2.45) is 0 Å². The van der Waals surface area contributed by atoms with Crippen LogP contribution in [0.4, 0.5) is 0 Å². The Bertz CT molecular complexity index is 292. The van der Waals surface area contributed by atoms with Crippen molar-refractivity contribution in [1.82, 2.24) is 5.06 Å². The van der Waals surface area contributed by atoms with Crippen molar-refractivity contribution in [1.29, 1.82) is 0 Å². The van der Waals surface area contributed by atoms with Crippen molar-refractivity contribution in [2.45, 2.75) is 20.8 Å². The third-order valence-electron chi connectivity index (χ3n) is 2.16. The van der Waals surface area contributed by atoms with Gasteiger partial charge in [-0.15, -0.1) is 0 Å². The Morgan fingerprint density at radius 3 is 2.16 bits per heavy atom. The molecule has 19 heavy (non-hydrogen) atoms. The van der Waals surface area contributed by atoms with Gasteiger partial charge in [-0.3, -0.25) is 9.13 Å². The molecular weight excluding hydrogens is 292 g/mol. The zero-order chi connectivity index (χ0) is 14.7. The molecule has 1 unspecified atom stereocenters. The first-order valence-corrected chi connectivity index (χ1v) is 9.70. The fourth-order valence-electron chi connectivity index (χ4n) is 1.36. The van der Waals surface area contributed by atoms with Gasteiger partial charge < -0.3 is 18.8 Å². The second kappa shape index (κ2) is 11.0. The highest BCUT2D eigenvalue weighted by Gasteiger charge is 2.24. The first-order valence-electron chi connectivity index (χ1n) is 6.45. The highest BCUT2D eigenvalue weighted by molar-refractivity contribution is 7.53. The van der Waals surface area contributed by atoms with Crippen molar-refractivity contribution in [2.75, 3.05) is 45.2 Å². The molecule has 0 aromatic rings. The number of hydroxylamine groups is 2. The molecule has 1 atom stereocenters. The maximum atomic E-state index is 12.1. The molecule has 0 aromatic carbocycles. The predicted molar refractivity (Wildman–Crippen MR) is 74.6 cm³/mol. The Kier molecular flexibility index (Phi) is 11.1. The SMILES string of the molecule is CCO[PH](=O)CCN(O)CCP(=O)(OCC)OCC. The lowest BCUT2D eigenvalue weighted by Crippen LogP contribution is -2.26. The van der Waals surface area contributed by atoms with Crippen molar-refractivity contribution >= 4 is 15.6 Å². The van der Waals surface area contributed by atoms with E-state index >= 15 is 0 Å². The Balaban J connectivity index is 4.01. The van der Waals surface area contributed by atoms with Gasteiger partial charge in [-0.05, 0) is 20.8 Å². The monoisotopic (exact) mass is 317 g/mol. The lowest BCUT2D eigenvalue weighted by molar-refractivity contribution is -0.0810. The quantitative estimate of drug-likeness (QED) is 0.437. The van der Waals surface area contributed by atoms with Gasteiger partial charge in [0.2, 0.25) is 0 Å². The van der Waals surface area contributed by atoms with Crippen LogP contribution in [0.3, 0.4) is 0 Å². The summed E-state index contributed by atoms with van der Waals surface area (Å²) in [6.07, 6.45) is 0.364. The number of rotatable bonds is 12. The van der Waals surface area contributed by atoms with Gasteiger partial charge in [0.05, 0.1) is 26.0 Å². The van der Waals surface area contributed by atoms with Gasteiger partial charge in [0.1, 0.15) is 0 Å². The average molecular weight is 317 g/mol.